The molecule has 1 heterocycles. The molecule has 4 aromatic rings. The summed E-state index contributed by atoms with van der Waals surface area (Å²) in [5, 5.41) is 4.30. The van der Waals surface area contributed by atoms with Crippen molar-refractivity contribution in [3.05, 3.63) is 95.0 Å². The molecule has 0 aliphatic carbocycles. The summed E-state index contributed by atoms with van der Waals surface area (Å²) in [5.74, 6) is -0.304. The number of rotatable bonds is 4. The Hall–Kier alpha value is -3.02. The Morgan fingerprint density at radius 3 is 2.45 bits per heavy atom. The number of halogens is 1. The largest absolute Gasteiger partial charge is 0.438 e. The number of amides is 1. The van der Waals surface area contributed by atoms with Crippen LogP contribution in [0.15, 0.2) is 93.2 Å². The highest BCUT2D eigenvalue weighted by molar-refractivity contribution is 7.98. The van der Waals surface area contributed by atoms with E-state index >= 15 is 0 Å². The van der Waals surface area contributed by atoms with Crippen molar-refractivity contribution in [3.8, 4) is 0 Å². The molecule has 0 aliphatic heterocycles. The van der Waals surface area contributed by atoms with Crippen LogP contribution in [-0.2, 0) is 0 Å². The molecule has 6 heteroatoms. The normalized spacial score (nSPS) is 11.6. The summed E-state index contributed by atoms with van der Waals surface area (Å²) in [7, 11) is 0. The Balaban J connectivity index is 1.79. The van der Waals surface area contributed by atoms with E-state index in [0.29, 0.717) is 27.5 Å². The molecule has 1 amide bonds. The van der Waals surface area contributed by atoms with Gasteiger partial charge in [0.15, 0.2) is 0 Å². The Kier molecular flexibility index (Phi) is 5.69. The zero-order valence-corrected chi connectivity index (χ0v) is 17.1. The van der Waals surface area contributed by atoms with Crippen molar-refractivity contribution >= 4 is 51.6 Å². The third-order valence-electron chi connectivity index (χ3n) is 4.31. The van der Waals surface area contributed by atoms with Gasteiger partial charge in [-0.05, 0) is 66.9 Å². The maximum absolute atomic E-state index is 13.0. The molecule has 0 aliphatic rings. The predicted octanol–water partition coefficient (Wildman–Crippen LogP) is 6.29. The van der Waals surface area contributed by atoms with E-state index in [9.17, 15) is 4.79 Å². The van der Waals surface area contributed by atoms with Crippen LogP contribution in [-0.4, -0.2) is 12.2 Å². The number of benzene rings is 3. The summed E-state index contributed by atoms with van der Waals surface area (Å²) in [5.41, 5.74) is 2.62. The summed E-state index contributed by atoms with van der Waals surface area (Å²) in [6, 6.07) is 24.0. The first-order valence-electron chi connectivity index (χ1n) is 8.91. The summed E-state index contributed by atoms with van der Waals surface area (Å²) in [6.45, 7) is 0. The summed E-state index contributed by atoms with van der Waals surface area (Å²) < 4.78 is 5.98. The topological polar surface area (TPSA) is 54.6 Å². The number of carbonyl (C=O) groups is 1. The molecule has 0 fully saturated rings. The average Bonchev–Trinajstić information content (AvgIpc) is 2.75. The van der Waals surface area contributed by atoms with E-state index in [0.717, 1.165) is 10.3 Å². The molecule has 0 unspecified atom stereocenters. The molecular formula is C23H17ClN2O2S. The lowest BCUT2D eigenvalue weighted by molar-refractivity contribution is 0.102. The Morgan fingerprint density at radius 2 is 1.72 bits per heavy atom. The predicted molar refractivity (Wildman–Crippen MR) is 119 cm³/mol. The maximum atomic E-state index is 13.0. The quantitative estimate of drug-likeness (QED) is 0.394. The van der Waals surface area contributed by atoms with Crippen LogP contribution in [0, 0.1) is 0 Å². The van der Waals surface area contributed by atoms with Gasteiger partial charge in [-0.25, -0.2) is 4.99 Å². The summed E-state index contributed by atoms with van der Waals surface area (Å²) >= 11 is 7.58. The lowest BCUT2D eigenvalue weighted by Crippen LogP contribution is -2.21. The van der Waals surface area contributed by atoms with E-state index in [1.807, 2.05) is 54.8 Å². The number of thioether (sulfide) groups is 1. The standard InChI is InChI=1S/C23H17ClN2O2S/c1-29-19-12-10-18(11-13-19)26-23-20(14-15-4-2-3-5-21(15)28-23)22(27)25-17-8-6-16(24)7-9-17/h2-14H,1H3,(H,25,27). The molecule has 3 aromatic carbocycles. The van der Waals surface area contributed by atoms with Gasteiger partial charge in [-0.3, -0.25) is 4.79 Å². The fourth-order valence-electron chi connectivity index (χ4n) is 2.82. The molecule has 0 spiro atoms. The molecule has 0 atom stereocenters. The second kappa shape index (κ2) is 8.55. The molecular weight excluding hydrogens is 404 g/mol. The van der Waals surface area contributed by atoms with Crippen molar-refractivity contribution in [1.29, 1.82) is 0 Å². The van der Waals surface area contributed by atoms with Gasteiger partial charge < -0.3 is 9.73 Å². The van der Waals surface area contributed by atoms with Crippen molar-refractivity contribution in [2.24, 2.45) is 4.99 Å². The van der Waals surface area contributed by atoms with Crippen LogP contribution in [0.5, 0.6) is 0 Å². The first-order valence-corrected chi connectivity index (χ1v) is 10.5. The number of anilines is 1. The fraction of sp³-hybridized carbons (Fsp3) is 0.0435. The highest BCUT2D eigenvalue weighted by atomic mass is 35.5. The average molecular weight is 421 g/mol. The summed E-state index contributed by atoms with van der Waals surface area (Å²) in [6.07, 6.45) is 2.02. The van der Waals surface area contributed by atoms with Gasteiger partial charge in [0, 0.05) is 21.0 Å². The van der Waals surface area contributed by atoms with Crippen molar-refractivity contribution in [3.63, 3.8) is 0 Å². The number of carbonyl (C=O) groups excluding carboxylic acids is 1. The van der Waals surface area contributed by atoms with Gasteiger partial charge in [-0.1, -0.05) is 29.8 Å². The lowest BCUT2D eigenvalue weighted by atomic mass is 10.1. The molecule has 4 rings (SSSR count). The monoisotopic (exact) mass is 420 g/mol. The number of nitrogens with zero attached hydrogens (tertiary/aromatic N) is 1. The minimum atomic E-state index is -0.304. The van der Waals surface area contributed by atoms with E-state index < -0.39 is 0 Å². The highest BCUT2D eigenvalue weighted by Gasteiger charge is 2.13. The fourth-order valence-corrected chi connectivity index (χ4v) is 3.35. The van der Waals surface area contributed by atoms with E-state index in [-0.39, 0.29) is 11.5 Å². The third-order valence-corrected chi connectivity index (χ3v) is 5.30. The minimum absolute atomic E-state index is 0.257. The Bertz CT molecular complexity index is 1230. The van der Waals surface area contributed by atoms with Gasteiger partial charge in [0.25, 0.3) is 5.91 Å². The number of para-hydroxylation sites is 1. The molecule has 0 radical (unpaired) electrons. The van der Waals surface area contributed by atoms with E-state index in [1.165, 1.54) is 0 Å². The van der Waals surface area contributed by atoms with Crippen LogP contribution in [0.1, 0.15) is 10.4 Å². The van der Waals surface area contributed by atoms with Gasteiger partial charge >= 0.3 is 0 Å². The second-order valence-electron chi connectivity index (χ2n) is 6.27. The number of fused-ring (bicyclic) bond motifs is 1. The molecule has 4 nitrogen and oxygen atoms in total. The van der Waals surface area contributed by atoms with Crippen molar-refractivity contribution in [2.75, 3.05) is 11.6 Å². The zero-order valence-electron chi connectivity index (χ0n) is 15.6. The Morgan fingerprint density at radius 1 is 1.00 bits per heavy atom. The number of nitrogens with one attached hydrogen (secondary N) is 1. The molecule has 0 saturated carbocycles. The van der Waals surface area contributed by atoms with Gasteiger partial charge in [-0.15, -0.1) is 11.8 Å². The first-order chi connectivity index (χ1) is 14.1. The van der Waals surface area contributed by atoms with Crippen LogP contribution < -0.4 is 10.9 Å². The molecule has 1 aromatic heterocycles. The van der Waals surface area contributed by atoms with Crippen LogP contribution in [0.2, 0.25) is 5.02 Å². The van der Waals surface area contributed by atoms with Crippen LogP contribution in [0.4, 0.5) is 11.4 Å². The van der Waals surface area contributed by atoms with Crippen LogP contribution in [0.3, 0.4) is 0 Å². The van der Waals surface area contributed by atoms with Gasteiger partial charge in [0.2, 0.25) is 5.55 Å². The molecule has 144 valence electrons. The van der Waals surface area contributed by atoms with E-state index in [4.69, 9.17) is 16.0 Å². The number of hydrogen-bond donors (Lipinski definition) is 1. The molecule has 29 heavy (non-hydrogen) atoms. The Labute approximate surface area is 177 Å². The van der Waals surface area contributed by atoms with Crippen LogP contribution >= 0.6 is 23.4 Å². The van der Waals surface area contributed by atoms with E-state index in [2.05, 4.69) is 10.3 Å². The third kappa shape index (κ3) is 4.53. The summed E-state index contributed by atoms with van der Waals surface area (Å²) in [4.78, 5) is 18.7. The van der Waals surface area contributed by atoms with Gasteiger partial charge in [0.05, 0.1) is 5.69 Å². The van der Waals surface area contributed by atoms with Crippen molar-refractivity contribution < 1.29 is 9.21 Å². The van der Waals surface area contributed by atoms with E-state index in [1.54, 1.807) is 42.1 Å². The van der Waals surface area contributed by atoms with Crippen molar-refractivity contribution in [2.45, 2.75) is 4.90 Å². The van der Waals surface area contributed by atoms with Gasteiger partial charge in [0.1, 0.15) is 11.1 Å². The maximum Gasteiger partial charge on any atom is 0.261 e. The first kappa shape index (κ1) is 19.3. The highest BCUT2D eigenvalue weighted by Crippen LogP contribution is 2.20. The smallest absolute Gasteiger partial charge is 0.261 e. The second-order valence-corrected chi connectivity index (χ2v) is 7.59. The minimum Gasteiger partial charge on any atom is -0.438 e. The van der Waals surface area contributed by atoms with Gasteiger partial charge in [-0.2, -0.15) is 0 Å². The molecule has 0 saturated heterocycles. The molecule has 1 N–H and O–H groups in total. The number of hydrogen-bond acceptors (Lipinski definition) is 4. The lowest BCUT2D eigenvalue weighted by Gasteiger charge is -2.07. The zero-order chi connectivity index (χ0) is 20.2. The van der Waals surface area contributed by atoms with Crippen molar-refractivity contribution in [1.82, 2.24) is 0 Å². The van der Waals surface area contributed by atoms with Crippen LogP contribution in [0.25, 0.3) is 11.0 Å². The SMILES string of the molecule is CSc1ccc(N=c2oc3ccccc3cc2C(=O)Nc2ccc(Cl)cc2)cc1. The molecule has 0 bridgehead atoms.